The molecule has 0 bridgehead atoms. The maximum atomic E-state index is 13.6. The summed E-state index contributed by atoms with van der Waals surface area (Å²) in [6.07, 6.45) is 4.93. The van der Waals surface area contributed by atoms with E-state index in [0.29, 0.717) is 47.2 Å². The van der Waals surface area contributed by atoms with Gasteiger partial charge in [-0.15, -0.1) is 0 Å². The van der Waals surface area contributed by atoms with Gasteiger partial charge < -0.3 is 9.47 Å². The van der Waals surface area contributed by atoms with Gasteiger partial charge in [0.2, 0.25) is 0 Å². The first-order valence-corrected chi connectivity index (χ1v) is 12.5. The summed E-state index contributed by atoms with van der Waals surface area (Å²) in [5, 5.41) is 5.71. The first kappa shape index (κ1) is 23.4. The fraction of sp³-hybridized carbons (Fsp3) is 0.292. The molecule has 0 amide bonds. The van der Waals surface area contributed by atoms with Crippen LogP contribution in [0.5, 0.6) is 0 Å². The molecule has 3 heterocycles. The lowest BCUT2D eigenvalue weighted by Gasteiger charge is -2.25. The van der Waals surface area contributed by atoms with Crippen LogP contribution in [-0.4, -0.2) is 62.7 Å². The maximum Gasteiger partial charge on any atom is 0.301 e. The van der Waals surface area contributed by atoms with Crippen molar-refractivity contribution in [1.29, 1.82) is 0 Å². The lowest BCUT2D eigenvalue weighted by atomic mass is 10.1. The van der Waals surface area contributed by atoms with Crippen molar-refractivity contribution in [3.8, 4) is 11.1 Å². The molecule has 1 fully saturated rings. The number of fused-ring (bicyclic) bond motifs is 2. The zero-order valence-corrected chi connectivity index (χ0v) is 20.2. The lowest BCUT2D eigenvalue weighted by molar-refractivity contribution is -0.0846. The normalized spacial score (nSPS) is 16.6. The van der Waals surface area contributed by atoms with E-state index < -0.39 is 10.2 Å². The van der Waals surface area contributed by atoms with Gasteiger partial charge in [-0.05, 0) is 29.7 Å². The van der Waals surface area contributed by atoms with Gasteiger partial charge in [0.25, 0.3) is 0 Å². The third-order valence-electron chi connectivity index (χ3n) is 6.01. The van der Waals surface area contributed by atoms with Crippen LogP contribution in [0.1, 0.15) is 0 Å². The minimum absolute atomic E-state index is 0.0927. The van der Waals surface area contributed by atoms with Gasteiger partial charge in [-0.3, -0.25) is 18.8 Å². The van der Waals surface area contributed by atoms with E-state index in [-0.39, 0.29) is 18.1 Å². The first-order valence-electron chi connectivity index (χ1n) is 11.1. The van der Waals surface area contributed by atoms with Crippen LogP contribution in [0.15, 0.2) is 59.8 Å². The van der Waals surface area contributed by atoms with Gasteiger partial charge in [-0.2, -0.15) is 18.2 Å². The molecule has 182 valence electrons. The number of pyridine rings is 1. The average Bonchev–Trinajstić information content (AvgIpc) is 3.26. The second-order valence-electron chi connectivity index (χ2n) is 8.38. The van der Waals surface area contributed by atoms with Gasteiger partial charge >= 0.3 is 10.2 Å². The predicted molar refractivity (Wildman–Crippen MR) is 134 cm³/mol. The number of benzene rings is 1. The highest BCUT2D eigenvalue weighted by Crippen LogP contribution is 2.24. The van der Waals surface area contributed by atoms with E-state index in [1.807, 2.05) is 19.3 Å². The highest BCUT2D eigenvalue weighted by Gasteiger charge is 2.22. The molecule has 1 aliphatic heterocycles. The number of ether oxygens (including phenoxy) is 2. The minimum atomic E-state index is -3.87. The molecule has 2 aromatic heterocycles. The summed E-state index contributed by atoms with van der Waals surface area (Å²) >= 11 is 0. The first-order chi connectivity index (χ1) is 16.8. The second-order valence-corrected chi connectivity index (χ2v) is 10.2. The highest BCUT2D eigenvalue weighted by molar-refractivity contribution is 7.90. The summed E-state index contributed by atoms with van der Waals surface area (Å²) < 4.78 is 42.0. The van der Waals surface area contributed by atoms with Crippen LogP contribution in [0.2, 0.25) is 0 Å². The molecule has 4 aromatic rings. The number of nitrogens with one attached hydrogen (secondary N) is 1. The molecule has 11 heteroatoms. The summed E-state index contributed by atoms with van der Waals surface area (Å²) in [5.74, 6) is 0. The van der Waals surface area contributed by atoms with Gasteiger partial charge in [-0.25, -0.2) is 0 Å². The van der Waals surface area contributed by atoms with Crippen molar-refractivity contribution in [3.63, 3.8) is 0 Å². The van der Waals surface area contributed by atoms with E-state index in [1.165, 1.54) is 7.05 Å². The molecule has 35 heavy (non-hydrogen) atoms. The fourth-order valence-electron chi connectivity index (χ4n) is 4.00. The monoisotopic (exact) mass is 495 g/mol. The number of anilines is 1. The maximum absolute atomic E-state index is 13.6. The van der Waals surface area contributed by atoms with Crippen molar-refractivity contribution in [2.75, 3.05) is 37.7 Å². The van der Waals surface area contributed by atoms with Crippen molar-refractivity contribution in [3.05, 3.63) is 65.2 Å². The molecule has 1 saturated heterocycles. The lowest BCUT2D eigenvalue weighted by Crippen LogP contribution is -2.44. The molecule has 1 N–H and O–H groups in total. The van der Waals surface area contributed by atoms with Crippen molar-refractivity contribution >= 4 is 37.6 Å². The van der Waals surface area contributed by atoms with Crippen molar-refractivity contribution in [2.24, 2.45) is 7.05 Å². The van der Waals surface area contributed by atoms with Gasteiger partial charge in [0, 0.05) is 54.9 Å². The van der Waals surface area contributed by atoms with E-state index in [1.54, 1.807) is 47.4 Å². The predicted octanol–water partition coefficient (Wildman–Crippen LogP) is 1.83. The molecule has 5 rings (SSSR count). The third kappa shape index (κ3) is 4.76. The smallest absolute Gasteiger partial charge is 0.301 e. The van der Waals surface area contributed by atoms with E-state index in [4.69, 9.17) is 9.47 Å². The summed E-state index contributed by atoms with van der Waals surface area (Å²) in [6, 6.07) is 10.4. The average molecular weight is 496 g/mol. The number of aromatic nitrogens is 3. The number of hydrogen-bond acceptors (Lipinski definition) is 7. The molecule has 1 aliphatic rings. The molecule has 0 spiro atoms. The summed E-state index contributed by atoms with van der Waals surface area (Å²) in [7, 11) is -0.609. The Morgan fingerprint density at radius 2 is 1.94 bits per heavy atom. The SMILES string of the molecule is CN(c1ccc2ccc3ncc(-c4cnn(C)c4)cc3c(=O)c2c1)S(=O)(=O)NC[C@H]1COCCO1. The second kappa shape index (κ2) is 9.34. The molecular weight excluding hydrogens is 470 g/mol. The Kier molecular flexibility index (Phi) is 6.24. The van der Waals surface area contributed by atoms with Crippen LogP contribution in [0, 0.1) is 0 Å². The number of nitrogens with zero attached hydrogens (tertiary/aromatic N) is 4. The molecule has 0 unspecified atom stereocenters. The Hall–Kier alpha value is -3.38. The summed E-state index contributed by atoms with van der Waals surface area (Å²) in [5.41, 5.74) is 2.31. The summed E-state index contributed by atoms with van der Waals surface area (Å²) in [4.78, 5) is 18.0. The molecule has 0 aliphatic carbocycles. The van der Waals surface area contributed by atoms with Crippen molar-refractivity contribution in [2.45, 2.75) is 6.10 Å². The summed E-state index contributed by atoms with van der Waals surface area (Å²) in [6.45, 7) is 1.36. The molecule has 1 atom stereocenters. The molecular formula is C24H25N5O5S. The quantitative estimate of drug-likeness (QED) is 0.434. The van der Waals surface area contributed by atoms with Gasteiger partial charge in [0.15, 0.2) is 5.43 Å². The number of rotatable bonds is 6. The van der Waals surface area contributed by atoms with Crippen LogP contribution in [0.3, 0.4) is 0 Å². The van der Waals surface area contributed by atoms with Crippen molar-refractivity contribution in [1.82, 2.24) is 19.5 Å². The van der Waals surface area contributed by atoms with Crippen LogP contribution in [-0.2, 0) is 26.7 Å². The van der Waals surface area contributed by atoms with Gasteiger partial charge in [0.05, 0.1) is 43.3 Å². The largest absolute Gasteiger partial charge is 0.376 e. The van der Waals surface area contributed by atoms with Gasteiger partial charge in [0.1, 0.15) is 0 Å². The zero-order chi connectivity index (χ0) is 24.6. The van der Waals surface area contributed by atoms with E-state index in [0.717, 1.165) is 15.4 Å². The van der Waals surface area contributed by atoms with Gasteiger partial charge in [-0.1, -0.05) is 12.1 Å². The Bertz CT molecular complexity index is 1560. The van der Waals surface area contributed by atoms with Crippen LogP contribution < -0.4 is 14.5 Å². The third-order valence-corrected chi connectivity index (χ3v) is 7.47. The number of hydrogen-bond donors (Lipinski definition) is 1. The van der Waals surface area contributed by atoms with Crippen LogP contribution in [0.4, 0.5) is 5.69 Å². The van der Waals surface area contributed by atoms with Crippen molar-refractivity contribution < 1.29 is 17.9 Å². The fourth-order valence-corrected chi connectivity index (χ4v) is 4.98. The molecule has 2 aromatic carbocycles. The van der Waals surface area contributed by atoms with E-state index in [9.17, 15) is 13.2 Å². The zero-order valence-electron chi connectivity index (χ0n) is 19.3. The topological polar surface area (TPSA) is 116 Å². The van der Waals surface area contributed by atoms with E-state index in [2.05, 4.69) is 14.8 Å². The molecule has 0 radical (unpaired) electrons. The standard InChI is InChI=1S/C24H25N5O5S/c1-28-14-18(12-26-28)17-9-22-23(25-11-17)6-4-16-3-5-19(10-21(16)24(22)30)29(2)35(31,32)27-13-20-15-33-7-8-34-20/h3-6,9-12,14,20,27H,7-8,13,15H2,1-2H3/t20-/m0/s1. The van der Waals surface area contributed by atoms with Crippen LogP contribution in [0.25, 0.3) is 32.8 Å². The number of aryl methyl sites for hydroxylation is 1. The molecule has 10 nitrogen and oxygen atoms in total. The highest BCUT2D eigenvalue weighted by atomic mass is 32.2. The minimum Gasteiger partial charge on any atom is -0.376 e. The Morgan fingerprint density at radius 1 is 1.11 bits per heavy atom. The Labute approximate surface area is 202 Å². The van der Waals surface area contributed by atoms with E-state index >= 15 is 0 Å². The Morgan fingerprint density at radius 3 is 2.69 bits per heavy atom. The van der Waals surface area contributed by atoms with Crippen LogP contribution >= 0.6 is 0 Å². The Balaban J connectivity index is 1.52. The molecule has 0 saturated carbocycles.